The minimum atomic E-state index is -0.0433. The zero-order valence-electron chi connectivity index (χ0n) is 9.24. The fraction of sp³-hybridized carbons (Fsp3) is 0.250. The van der Waals surface area contributed by atoms with Crippen molar-refractivity contribution in [3.05, 3.63) is 45.5 Å². The third kappa shape index (κ3) is 2.17. The molecule has 0 atom stereocenters. The largest absolute Gasteiger partial charge is 0.467 e. The van der Waals surface area contributed by atoms with E-state index in [1.165, 1.54) is 4.88 Å². The summed E-state index contributed by atoms with van der Waals surface area (Å²) in [5.41, 5.74) is 1.82. The lowest BCUT2D eigenvalue weighted by Crippen LogP contribution is -2.22. The summed E-state index contributed by atoms with van der Waals surface area (Å²) in [4.78, 5) is 13.0. The first-order valence-corrected chi connectivity index (χ1v) is 5.91. The van der Waals surface area contributed by atoms with Crippen LogP contribution in [0.4, 0.5) is 0 Å². The number of furan rings is 1. The summed E-state index contributed by atoms with van der Waals surface area (Å²) < 4.78 is 5.14. The van der Waals surface area contributed by atoms with Crippen LogP contribution >= 0.6 is 11.3 Å². The van der Waals surface area contributed by atoms with Crippen molar-refractivity contribution in [3.63, 3.8) is 0 Å². The molecule has 2 heterocycles. The lowest BCUT2D eigenvalue weighted by molar-refractivity contribution is 0.0948. The number of amides is 1. The second-order valence-corrected chi connectivity index (χ2v) is 4.68. The summed E-state index contributed by atoms with van der Waals surface area (Å²) in [7, 11) is 0. The van der Waals surface area contributed by atoms with Gasteiger partial charge in [-0.25, -0.2) is 0 Å². The lowest BCUT2D eigenvalue weighted by Gasteiger charge is -2.02. The zero-order valence-corrected chi connectivity index (χ0v) is 10.1. The highest BCUT2D eigenvalue weighted by Crippen LogP contribution is 2.20. The quantitative estimate of drug-likeness (QED) is 0.888. The predicted molar refractivity (Wildman–Crippen MR) is 63.7 cm³/mol. The Balaban J connectivity index is 2.01. The summed E-state index contributed by atoms with van der Waals surface area (Å²) in [5, 5.41) is 4.72. The van der Waals surface area contributed by atoms with Gasteiger partial charge in [-0.2, -0.15) is 0 Å². The van der Waals surface area contributed by atoms with Gasteiger partial charge in [0.05, 0.1) is 18.4 Å². The molecule has 1 N–H and O–H groups in total. The van der Waals surface area contributed by atoms with Crippen molar-refractivity contribution in [2.45, 2.75) is 20.4 Å². The van der Waals surface area contributed by atoms with Crippen molar-refractivity contribution in [1.29, 1.82) is 0 Å². The molecule has 0 fully saturated rings. The molecule has 0 spiro atoms. The van der Waals surface area contributed by atoms with E-state index in [0.717, 1.165) is 16.9 Å². The Morgan fingerprint density at radius 3 is 2.88 bits per heavy atom. The molecule has 0 aliphatic rings. The van der Waals surface area contributed by atoms with E-state index in [2.05, 4.69) is 5.32 Å². The maximum absolute atomic E-state index is 11.8. The van der Waals surface area contributed by atoms with Crippen LogP contribution in [0, 0.1) is 13.8 Å². The number of aryl methyl sites for hydroxylation is 1. The van der Waals surface area contributed by atoms with Gasteiger partial charge in [-0.05, 0) is 31.5 Å². The summed E-state index contributed by atoms with van der Waals surface area (Å²) in [6.45, 7) is 4.41. The molecule has 0 unspecified atom stereocenters. The molecule has 0 saturated carbocycles. The van der Waals surface area contributed by atoms with Gasteiger partial charge >= 0.3 is 0 Å². The number of carbonyl (C=O) groups is 1. The van der Waals surface area contributed by atoms with Crippen molar-refractivity contribution < 1.29 is 9.21 Å². The zero-order chi connectivity index (χ0) is 11.5. The topological polar surface area (TPSA) is 42.2 Å². The van der Waals surface area contributed by atoms with Gasteiger partial charge in [0, 0.05) is 10.3 Å². The maximum atomic E-state index is 11.8. The van der Waals surface area contributed by atoms with Crippen LogP contribution in [0.2, 0.25) is 0 Å². The van der Waals surface area contributed by atoms with Crippen LogP contribution in [-0.4, -0.2) is 5.91 Å². The Bertz CT molecular complexity index is 485. The van der Waals surface area contributed by atoms with Gasteiger partial charge in [0.2, 0.25) is 0 Å². The van der Waals surface area contributed by atoms with Gasteiger partial charge in [0.25, 0.3) is 5.91 Å². The van der Waals surface area contributed by atoms with Crippen LogP contribution in [0.1, 0.15) is 26.6 Å². The highest BCUT2D eigenvalue weighted by Gasteiger charge is 2.12. The summed E-state index contributed by atoms with van der Waals surface area (Å²) >= 11 is 1.60. The number of rotatable bonds is 3. The summed E-state index contributed by atoms with van der Waals surface area (Å²) in [5.74, 6) is 0.719. The van der Waals surface area contributed by atoms with E-state index in [-0.39, 0.29) is 5.91 Å². The molecule has 2 aromatic heterocycles. The van der Waals surface area contributed by atoms with Crippen molar-refractivity contribution in [2.24, 2.45) is 0 Å². The fourth-order valence-corrected chi connectivity index (χ4v) is 2.28. The van der Waals surface area contributed by atoms with Crippen LogP contribution in [0.5, 0.6) is 0 Å². The first-order chi connectivity index (χ1) is 7.68. The number of hydrogen-bond donors (Lipinski definition) is 1. The molecule has 0 aliphatic heterocycles. The van der Waals surface area contributed by atoms with Crippen LogP contribution in [0.25, 0.3) is 0 Å². The fourth-order valence-electron chi connectivity index (χ4n) is 1.41. The van der Waals surface area contributed by atoms with Crippen LogP contribution < -0.4 is 5.32 Å². The average molecular weight is 235 g/mol. The Morgan fingerprint density at radius 2 is 2.31 bits per heavy atom. The van der Waals surface area contributed by atoms with Gasteiger partial charge in [-0.1, -0.05) is 0 Å². The molecule has 0 bridgehead atoms. The Kier molecular flexibility index (Phi) is 3.10. The molecule has 1 amide bonds. The molecule has 0 radical (unpaired) electrons. The third-order valence-corrected chi connectivity index (χ3v) is 3.55. The monoisotopic (exact) mass is 235 g/mol. The molecular formula is C12H13NO2S. The van der Waals surface area contributed by atoms with E-state index in [1.54, 1.807) is 17.6 Å². The molecular weight excluding hydrogens is 222 g/mol. The highest BCUT2D eigenvalue weighted by molar-refractivity contribution is 7.10. The lowest BCUT2D eigenvalue weighted by atomic mass is 10.1. The first-order valence-electron chi connectivity index (χ1n) is 5.03. The molecule has 4 heteroatoms. The minimum absolute atomic E-state index is 0.0433. The SMILES string of the molecule is Cc1scc(C(=O)NCc2ccco2)c1C. The third-order valence-electron chi connectivity index (χ3n) is 2.53. The van der Waals surface area contributed by atoms with Crippen molar-refractivity contribution in [1.82, 2.24) is 5.32 Å². The van der Waals surface area contributed by atoms with Gasteiger partial charge in [-0.15, -0.1) is 11.3 Å². The molecule has 3 nitrogen and oxygen atoms in total. The number of carbonyl (C=O) groups excluding carboxylic acids is 1. The highest BCUT2D eigenvalue weighted by atomic mass is 32.1. The van der Waals surface area contributed by atoms with E-state index >= 15 is 0 Å². The normalized spacial score (nSPS) is 10.4. The standard InChI is InChI=1S/C12H13NO2S/c1-8-9(2)16-7-11(8)12(14)13-6-10-4-3-5-15-10/h3-5,7H,6H2,1-2H3,(H,13,14). The Labute approximate surface area is 98.1 Å². The molecule has 84 valence electrons. The van der Waals surface area contributed by atoms with Gasteiger partial charge in [0.1, 0.15) is 5.76 Å². The first kappa shape index (κ1) is 11.0. The minimum Gasteiger partial charge on any atom is -0.467 e. The van der Waals surface area contributed by atoms with E-state index in [0.29, 0.717) is 6.54 Å². The van der Waals surface area contributed by atoms with Crippen LogP contribution in [0.3, 0.4) is 0 Å². The molecule has 2 rings (SSSR count). The van der Waals surface area contributed by atoms with Crippen LogP contribution in [-0.2, 0) is 6.54 Å². The Morgan fingerprint density at radius 1 is 1.50 bits per heavy atom. The number of nitrogens with one attached hydrogen (secondary N) is 1. The number of hydrogen-bond acceptors (Lipinski definition) is 3. The van der Waals surface area contributed by atoms with Gasteiger partial charge in [0.15, 0.2) is 0 Å². The second kappa shape index (κ2) is 4.53. The number of thiophene rings is 1. The Hall–Kier alpha value is -1.55. The van der Waals surface area contributed by atoms with Gasteiger partial charge < -0.3 is 9.73 Å². The van der Waals surface area contributed by atoms with Crippen molar-refractivity contribution >= 4 is 17.2 Å². The smallest absolute Gasteiger partial charge is 0.252 e. The van der Waals surface area contributed by atoms with E-state index < -0.39 is 0 Å². The predicted octanol–water partition coefficient (Wildman–Crippen LogP) is 2.89. The van der Waals surface area contributed by atoms with E-state index in [4.69, 9.17) is 4.42 Å². The molecule has 0 aliphatic carbocycles. The van der Waals surface area contributed by atoms with E-state index in [9.17, 15) is 4.79 Å². The summed E-state index contributed by atoms with van der Waals surface area (Å²) in [6.07, 6.45) is 1.60. The average Bonchev–Trinajstić information content (AvgIpc) is 2.88. The van der Waals surface area contributed by atoms with Gasteiger partial charge in [-0.3, -0.25) is 4.79 Å². The molecule has 0 saturated heterocycles. The van der Waals surface area contributed by atoms with E-state index in [1.807, 2.05) is 31.4 Å². The van der Waals surface area contributed by atoms with Crippen LogP contribution in [0.15, 0.2) is 28.2 Å². The molecule has 16 heavy (non-hydrogen) atoms. The second-order valence-electron chi connectivity index (χ2n) is 3.59. The molecule has 0 aromatic carbocycles. The van der Waals surface area contributed by atoms with Crippen molar-refractivity contribution in [3.8, 4) is 0 Å². The maximum Gasteiger partial charge on any atom is 0.252 e. The van der Waals surface area contributed by atoms with Crippen molar-refractivity contribution in [2.75, 3.05) is 0 Å². The molecule has 2 aromatic rings. The summed E-state index contributed by atoms with van der Waals surface area (Å²) in [6, 6.07) is 3.65.